The summed E-state index contributed by atoms with van der Waals surface area (Å²) in [5.41, 5.74) is 0. The molecule has 2 unspecified atom stereocenters. The lowest BCUT2D eigenvalue weighted by atomic mass is 18.9. The van der Waals surface area contributed by atoms with Crippen LogP contribution in [0.5, 0.6) is 0 Å². The van der Waals surface area contributed by atoms with Crippen LogP contribution in [0, 0.1) is 0 Å². The topological polar surface area (TPSA) is 0 Å². The average molecular weight is 227 g/mol. The zero-order chi connectivity index (χ0) is 6.78. The van der Waals surface area contributed by atoms with Gasteiger partial charge in [-0.15, -0.1) is 22.2 Å². The molecule has 0 rings (SSSR count). The fourth-order valence-corrected chi connectivity index (χ4v) is 25.0. The molecular formula is H6Cl2F2Si4. The predicted molar refractivity (Wildman–Crippen MR) is 45.3 cm³/mol. The minimum absolute atomic E-state index is 0.749. The van der Waals surface area contributed by atoms with Crippen molar-refractivity contribution in [1.82, 2.24) is 0 Å². The number of rotatable bonds is 2. The molecule has 0 spiro atoms. The standard InChI is InChI=1S/Cl2F2H6Si4/c1-7(3)8(2,4)6-5/h7H,6H2,5H3. The minimum atomic E-state index is -3.34. The lowest BCUT2D eigenvalue weighted by Crippen LogP contribution is -2.42. The van der Waals surface area contributed by atoms with Crippen LogP contribution in [0.4, 0.5) is 8.22 Å². The van der Waals surface area contributed by atoms with Gasteiger partial charge in [-0.1, -0.05) is 0 Å². The van der Waals surface area contributed by atoms with Crippen molar-refractivity contribution in [3.63, 3.8) is 0 Å². The van der Waals surface area contributed by atoms with E-state index in [1.54, 1.807) is 0 Å². The molecule has 50 valence electrons. The summed E-state index contributed by atoms with van der Waals surface area (Å²) in [6.07, 6.45) is 0. The smallest absolute Gasteiger partial charge is 0.298 e. The van der Waals surface area contributed by atoms with Gasteiger partial charge in [0.25, 0.3) is 0 Å². The summed E-state index contributed by atoms with van der Waals surface area (Å²) in [6.45, 7) is -3.34. The zero-order valence-corrected chi connectivity index (χ0v) is 11.4. The molecule has 0 aromatic carbocycles. The quantitative estimate of drug-likeness (QED) is 0.423. The van der Waals surface area contributed by atoms with Gasteiger partial charge in [0.2, 0.25) is 0 Å². The van der Waals surface area contributed by atoms with Crippen molar-refractivity contribution in [1.29, 1.82) is 0 Å². The molecule has 0 fully saturated rings. The first-order valence-corrected chi connectivity index (χ1v) is 17.0. The molecule has 0 radical (unpaired) electrons. The molecule has 2 atom stereocenters. The first-order chi connectivity index (χ1) is 3.50. The third kappa shape index (κ3) is 2.74. The zero-order valence-electron chi connectivity index (χ0n) is 4.30. The van der Waals surface area contributed by atoms with Crippen LogP contribution in [0.15, 0.2) is 0 Å². The first-order valence-electron chi connectivity index (χ1n) is 2.16. The largest absolute Gasteiger partial charge is 0.357 e. The molecule has 0 heterocycles. The summed E-state index contributed by atoms with van der Waals surface area (Å²) in [4.78, 5) is 0. The molecule has 0 aliphatic carbocycles. The Kier molecular flexibility index (Phi) is 4.04. The maximum absolute atomic E-state index is 12.5. The fourth-order valence-electron chi connectivity index (χ4n) is 0.154. The Morgan fingerprint density at radius 3 is 2.12 bits per heavy atom. The molecule has 0 aliphatic heterocycles. The molecule has 0 aromatic heterocycles. The van der Waals surface area contributed by atoms with Crippen molar-refractivity contribution in [3.05, 3.63) is 0 Å². The van der Waals surface area contributed by atoms with Crippen LogP contribution in [0.2, 0.25) is 0 Å². The van der Waals surface area contributed by atoms with Crippen LogP contribution < -0.4 is 0 Å². The Hall–Kier alpha value is 1.31. The summed E-state index contributed by atoms with van der Waals surface area (Å²) in [6, 6.07) is 0. The number of halogens is 4. The SMILES string of the molecule is F[SiH](Cl)[Si](F)(Cl)[SiH2][SiH3]. The Labute approximate surface area is 63.5 Å². The first kappa shape index (κ1) is 9.31. The predicted octanol–water partition coefficient (Wildman–Crippen LogP) is -0.910. The molecule has 0 N–H and O–H groups in total. The van der Waals surface area contributed by atoms with Gasteiger partial charge in [-0.25, -0.2) is 0 Å². The van der Waals surface area contributed by atoms with Gasteiger partial charge in [0.1, 0.15) is 0 Å². The monoisotopic (exact) mass is 226 g/mol. The Balaban J connectivity index is 3.71. The number of hydrogen-bond acceptors (Lipinski definition) is 0. The molecule has 0 aromatic rings. The highest BCUT2D eigenvalue weighted by Crippen LogP contribution is 2.15. The maximum atomic E-state index is 12.5. The number of hydrogen-bond donors (Lipinski definition) is 0. The van der Waals surface area contributed by atoms with E-state index < -0.39 is 23.3 Å². The van der Waals surface area contributed by atoms with Gasteiger partial charge in [0.15, 0.2) is 0 Å². The summed E-state index contributed by atoms with van der Waals surface area (Å²) >= 11 is 10.1. The molecule has 0 nitrogen and oxygen atoms in total. The molecule has 8 heavy (non-hydrogen) atoms. The Morgan fingerprint density at radius 2 is 2.12 bits per heavy atom. The molecule has 0 saturated heterocycles. The van der Waals surface area contributed by atoms with Gasteiger partial charge in [0, 0.05) is 0 Å². The summed E-state index contributed by atoms with van der Waals surface area (Å²) in [5.74, 6) is 0. The van der Waals surface area contributed by atoms with Crippen molar-refractivity contribution in [2.75, 3.05) is 0 Å². The second-order valence-corrected chi connectivity index (χ2v) is 29.1. The van der Waals surface area contributed by atoms with Crippen LogP contribution in [0.3, 0.4) is 0 Å². The van der Waals surface area contributed by atoms with Gasteiger partial charge in [0.05, 0.1) is 8.55 Å². The molecule has 0 bridgehead atoms. The normalized spacial score (nSPS) is 24.0. The van der Waals surface area contributed by atoms with E-state index in [0.29, 0.717) is 0 Å². The molecule has 0 aliphatic rings. The summed E-state index contributed by atoms with van der Waals surface area (Å²) < 4.78 is 24.5. The van der Waals surface area contributed by atoms with Gasteiger partial charge in [-0.2, -0.15) is 0 Å². The van der Waals surface area contributed by atoms with Crippen molar-refractivity contribution in [2.24, 2.45) is 0 Å². The van der Waals surface area contributed by atoms with E-state index in [-0.39, 0.29) is 0 Å². The van der Waals surface area contributed by atoms with E-state index in [9.17, 15) is 8.22 Å². The lowest BCUT2D eigenvalue weighted by Gasteiger charge is -2.07. The molecule has 8 heteroatoms. The fraction of sp³-hybridized carbons (Fsp3) is 0. The third-order valence-electron chi connectivity index (χ3n) is 0.791. The maximum Gasteiger partial charge on any atom is 0.357 e. The van der Waals surface area contributed by atoms with Gasteiger partial charge in [-0.3, -0.25) is 8.22 Å². The summed E-state index contributed by atoms with van der Waals surface area (Å²) in [7, 11) is -3.20. The highest BCUT2D eigenvalue weighted by molar-refractivity contribution is 7.80. The molecule has 0 amide bonds. The van der Waals surface area contributed by atoms with Crippen molar-refractivity contribution < 1.29 is 8.22 Å². The molecular weight excluding hydrogens is 221 g/mol. The van der Waals surface area contributed by atoms with Crippen LogP contribution in [0.25, 0.3) is 0 Å². The van der Waals surface area contributed by atoms with Crippen molar-refractivity contribution >= 4 is 55.2 Å². The molecule has 0 saturated carbocycles. The van der Waals surface area contributed by atoms with Gasteiger partial charge < -0.3 is 0 Å². The average Bonchev–Trinajstić information content (AvgIpc) is 1.67. The van der Waals surface area contributed by atoms with Crippen molar-refractivity contribution in [2.45, 2.75) is 0 Å². The summed E-state index contributed by atoms with van der Waals surface area (Å²) in [5, 5.41) is 0. The van der Waals surface area contributed by atoms with E-state index in [4.69, 9.17) is 22.2 Å². The van der Waals surface area contributed by atoms with E-state index in [0.717, 1.165) is 9.76 Å². The van der Waals surface area contributed by atoms with Gasteiger partial charge in [-0.05, 0) is 9.76 Å². The van der Waals surface area contributed by atoms with E-state index in [1.165, 1.54) is 0 Å². The van der Waals surface area contributed by atoms with E-state index >= 15 is 0 Å². The van der Waals surface area contributed by atoms with Crippen LogP contribution in [-0.4, -0.2) is 33.0 Å². The highest BCUT2D eigenvalue weighted by Gasteiger charge is 2.41. The lowest BCUT2D eigenvalue weighted by molar-refractivity contribution is 0.831. The second-order valence-electron chi connectivity index (χ2n) is 1.42. The van der Waals surface area contributed by atoms with Crippen LogP contribution in [-0.2, 0) is 0 Å². The highest BCUT2D eigenvalue weighted by atomic mass is 35.6. The van der Waals surface area contributed by atoms with Gasteiger partial charge >= 0.3 is 14.7 Å². The minimum Gasteiger partial charge on any atom is -0.298 e. The van der Waals surface area contributed by atoms with Crippen molar-refractivity contribution in [3.8, 4) is 0 Å². The van der Waals surface area contributed by atoms with E-state index in [1.807, 2.05) is 0 Å². The Bertz CT molecular complexity index is 72.4. The van der Waals surface area contributed by atoms with Crippen LogP contribution in [0.1, 0.15) is 0 Å². The second kappa shape index (κ2) is 3.47. The van der Waals surface area contributed by atoms with E-state index in [2.05, 4.69) is 0 Å². The third-order valence-corrected chi connectivity index (χ3v) is 45.2. The van der Waals surface area contributed by atoms with Crippen LogP contribution >= 0.6 is 22.2 Å². The Morgan fingerprint density at radius 1 is 1.75 bits per heavy atom.